The predicted molar refractivity (Wildman–Crippen MR) is 105 cm³/mol. The fraction of sp³-hybridized carbons (Fsp3) is 0. The second kappa shape index (κ2) is 8.64. The van der Waals surface area contributed by atoms with Crippen LogP contribution < -0.4 is 15.4 Å². The molecule has 2 aromatic carbocycles. The second-order valence-electron chi connectivity index (χ2n) is 5.23. The van der Waals surface area contributed by atoms with Crippen molar-refractivity contribution >= 4 is 35.0 Å². The first-order valence-electron chi connectivity index (χ1n) is 7.85. The SMILES string of the molecule is O=C(C=Cc1ccco1)NC(=S)Nc1ccc(Oc2ccccc2)cc1. The van der Waals surface area contributed by atoms with Gasteiger partial charge in [0.25, 0.3) is 0 Å². The number of para-hydroxylation sites is 1. The zero-order valence-electron chi connectivity index (χ0n) is 13.7. The van der Waals surface area contributed by atoms with Crippen LogP contribution in [0.4, 0.5) is 5.69 Å². The van der Waals surface area contributed by atoms with Crippen LogP contribution in [0.25, 0.3) is 6.08 Å². The minimum Gasteiger partial charge on any atom is -0.465 e. The summed E-state index contributed by atoms with van der Waals surface area (Å²) in [4.78, 5) is 11.8. The van der Waals surface area contributed by atoms with Gasteiger partial charge in [-0.25, -0.2) is 0 Å². The molecule has 2 N–H and O–H groups in total. The number of furan rings is 1. The fourth-order valence-electron chi connectivity index (χ4n) is 2.09. The van der Waals surface area contributed by atoms with Crippen LogP contribution in [-0.2, 0) is 4.79 Å². The van der Waals surface area contributed by atoms with E-state index in [1.165, 1.54) is 12.3 Å². The maximum Gasteiger partial charge on any atom is 0.250 e. The van der Waals surface area contributed by atoms with Crippen molar-refractivity contribution in [3.05, 3.63) is 84.8 Å². The molecule has 0 unspecified atom stereocenters. The molecular formula is C20H16N2O3S. The van der Waals surface area contributed by atoms with E-state index in [1.807, 2.05) is 54.6 Å². The van der Waals surface area contributed by atoms with Crippen molar-refractivity contribution in [2.24, 2.45) is 0 Å². The van der Waals surface area contributed by atoms with Crippen molar-refractivity contribution in [2.75, 3.05) is 5.32 Å². The average molecular weight is 364 g/mol. The van der Waals surface area contributed by atoms with E-state index < -0.39 is 0 Å². The Morgan fingerprint density at radius 1 is 0.962 bits per heavy atom. The van der Waals surface area contributed by atoms with E-state index in [2.05, 4.69) is 10.6 Å². The lowest BCUT2D eigenvalue weighted by Crippen LogP contribution is -2.32. The highest BCUT2D eigenvalue weighted by Crippen LogP contribution is 2.22. The average Bonchev–Trinajstić information content (AvgIpc) is 3.16. The standard InChI is InChI=1S/C20H16N2O3S/c23-19(13-12-16-7-4-14-24-16)22-20(26)21-15-8-10-18(11-9-15)25-17-5-2-1-3-6-17/h1-14H,(H2,21,22,23,26). The Kier molecular flexibility index (Phi) is 5.80. The molecule has 3 aromatic rings. The first-order valence-corrected chi connectivity index (χ1v) is 8.26. The summed E-state index contributed by atoms with van der Waals surface area (Å²) in [6, 6.07) is 20.3. The molecule has 1 amide bonds. The normalized spacial score (nSPS) is 10.5. The summed E-state index contributed by atoms with van der Waals surface area (Å²) in [5.41, 5.74) is 0.741. The smallest absolute Gasteiger partial charge is 0.250 e. The third kappa shape index (κ3) is 5.32. The summed E-state index contributed by atoms with van der Waals surface area (Å²) in [7, 11) is 0. The molecule has 1 heterocycles. The highest BCUT2D eigenvalue weighted by atomic mass is 32.1. The van der Waals surface area contributed by atoms with Gasteiger partial charge < -0.3 is 14.5 Å². The number of nitrogens with one attached hydrogen (secondary N) is 2. The molecule has 0 radical (unpaired) electrons. The minimum atomic E-state index is -0.345. The van der Waals surface area contributed by atoms with Gasteiger partial charge in [-0.15, -0.1) is 0 Å². The Bertz CT molecular complexity index is 889. The number of anilines is 1. The maximum absolute atomic E-state index is 11.8. The van der Waals surface area contributed by atoms with E-state index in [0.29, 0.717) is 11.5 Å². The van der Waals surface area contributed by atoms with Gasteiger partial charge in [0, 0.05) is 11.8 Å². The van der Waals surface area contributed by atoms with Gasteiger partial charge in [0.1, 0.15) is 17.3 Å². The highest BCUT2D eigenvalue weighted by Gasteiger charge is 2.03. The molecule has 0 aliphatic heterocycles. The zero-order valence-corrected chi connectivity index (χ0v) is 14.5. The molecule has 130 valence electrons. The molecule has 3 rings (SSSR count). The molecule has 0 fully saturated rings. The Labute approximate surface area is 156 Å². The van der Waals surface area contributed by atoms with Crippen LogP contribution in [0, 0.1) is 0 Å². The van der Waals surface area contributed by atoms with Crippen LogP contribution in [0.3, 0.4) is 0 Å². The molecule has 0 bridgehead atoms. The molecule has 0 saturated heterocycles. The summed E-state index contributed by atoms with van der Waals surface area (Å²) < 4.78 is 10.8. The number of thiocarbonyl (C=S) groups is 1. The molecule has 0 saturated carbocycles. The number of ether oxygens (including phenoxy) is 1. The van der Waals surface area contributed by atoms with Crippen LogP contribution in [0.1, 0.15) is 5.76 Å². The molecule has 6 heteroatoms. The molecule has 0 spiro atoms. The molecular weight excluding hydrogens is 348 g/mol. The molecule has 0 aliphatic carbocycles. The van der Waals surface area contributed by atoms with Gasteiger partial charge in [-0.3, -0.25) is 10.1 Å². The topological polar surface area (TPSA) is 63.5 Å². The lowest BCUT2D eigenvalue weighted by Gasteiger charge is -2.09. The fourth-order valence-corrected chi connectivity index (χ4v) is 2.31. The van der Waals surface area contributed by atoms with Crippen molar-refractivity contribution < 1.29 is 13.9 Å². The first-order chi connectivity index (χ1) is 12.7. The van der Waals surface area contributed by atoms with Crippen molar-refractivity contribution in [1.82, 2.24) is 5.32 Å². The lowest BCUT2D eigenvalue weighted by molar-refractivity contribution is -0.115. The van der Waals surface area contributed by atoms with Gasteiger partial charge in [0.15, 0.2) is 5.11 Å². The Hall–Kier alpha value is -3.38. The Morgan fingerprint density at radius 2 is 1.69 bits per heavy atom. The third-order valence-electron chi connectivity index (χ3n) is 3.27. The predicted octanol–water partition coefficient (Wildman–Crippen LogP) is 4.60. The van der Waals surface area contributed by atoms with Gasteiger partial charge in [0.05, 0.1) is 6.26 Å². The Balaban J connectivity index is 1.50. The molecule has 0 aliphatic rings. The van der Waals surface area contributed by atoms with E-state index in [0.717, 1.165) is 11.4 Å². The van der Waals surface area contributed by atoms with E-state index in [1.54, 1.807) is 18.2 Å². The summed E-state index contributed by atoms with van der Waals surface area (Å²) in [5, 5.41) is 5.72. The van der Waals surface area contributed by atoms with Gasteiger partial charge in [-0.1, -0.05) is 18.2 Å². The van der Waals surface area contributed by atoms with Gasteiger partial charge in [-0.05, 0) is 66.8 Å². The molecule has 5 nitrogen and oxygen atoms in total. The molecule has 26 heavy (non-hydrogen) atoms. The zero-order chi connectivity index (χ0) is 18.2. The largest absolute Gasteiger partial charge is 0.465 e. The number of rotatable bonds is 5. The number of carbonyl (C=O) groups excluding carboxylic acids is 1. The van der Waals surface area contributed by atoms with Crippen molar-refractivity contribution in [3.63, 3.8) is 0 Å². The van der Waals surface area contributed by atoms with Crippen LogP contribution in [-0.4, -0.2) is 11.0 Å². The maximum atomic E-state index is 11.8. The number of carbonyl (C=O) groups is 1. The van der Waals surface area contributed by atoms with Crippen molar-refractivity contribution in [3.8, 4) is 11.5 Å². The number of hydrogen-bond acceptors (Lipinski definition) is 4. The van der Waals surface area contributed by atoms with Gasteiger partial charge in [0.2, 0.25) is 5.91 Å². The van der Waals surface area contributed by atoms with Crippen LogP contribution in [0.2, 0.25) is 0 Å². The quantitative estimate of drug-likeness (QED) is 0.512. The van der Waals surface area contributed by atoms with Gasteiger partial charge in [-0.2, -0.15) is 0 Å². The second-order valence-corrected chi connectivity index (χ2v) is 5.64. The molecule has 0 atom stereocenters. The summed E-state index contributed by atoms with van der Waals surface area (Å²) >= 11 is 5.13. The first kappa shape index (κ1) is 17.4. The third-order valence-corrected chi connectivity index (χ3v) is 3.47. The monoisotopic (exact) mass is 364 g/mol. The van der Waals surface area contributed by atoms with Crippen LogP contribution >= 0.6 is 12.2 Å². The van der Waals surface area contributed by atoms with E-state index in [4.69, 9.17) is 21.4 Å². The highest BCUT2D eigenvalue weighted by molar-refractivity contribution is 7.80. The minimum absolute atomic E-state index is 0.204. The number of amides is 1. The Morgan fingerprint density at radius 3 is 2.38 bits per heavy atom. The lowest BCUT2D eigenvalue weighted by atomic mass is 10.3. The van der Waals surface area contributed by atoms with E-state index in [-0.39, 0.29) is 11.0 Å². The van der Waals surface area contributed by atoms with Crippen molar-refractivity contribution in [2.45, 2.75) is 0 Å². The summed E-state index contributed by atoms with van der Waals surface area (Å²) in [6.45, 7) is 0. The summed E-state index contributed by atoms with van der Waals surface area (Å²) in [5.74, 6) is 1.72. The number of hydrogen-bond donors (Lipinski definition) is 2. The van der Waals surface area contributed by atoms with Crippen LogP contribution in [0.5, 0.6) is 11.5 Å². The van der Waals surface area contributed by atoms with E-state index in [9.17, 15) is 4.79 Å². The number of benzene rings is 2. The van der Waals surface area contributed by atoms with Crippen molar-refractivity contribution in [1.29, 1.82) is 0 Å². The molecule has 1 aromatic heterocycles. The van der Waals surface area contributed by atoms with Gasteiger partial charge >= 0.3 is 0 Å². The van der Waals surface area contributed by atoms with E-state index >= 15 is 0 Å². The summed E-state index contributed by atoms with van der Waals surface area (Å²) in [6.07, 6.45) is 4.45. The van der Waals surface area contributed by atoms with Crippen LogP contribution in [0.15, 0.2) is 83.5 Å².